The van der Waals surface area contributed by atoms with Crippen LogP contribution in [0.5, 0.6) is 0 Å². The molecule has 1 saturated heterocycles. The number of carbonyl (C=O) groups excluding carboxylic acids is 1. The van der Waals surface area contributed by atoms with Crippen molar-refractivity contribution in [2.24, 2.45) is 0 Å². The summed E-state index contributed by atoms with van der Waals surface area (Å²) in [6, 6.07) is -10.0. The lowest BCUT2D eigenvalue weighted by atomic mass is 10.2. The van der Waals surface area contributed by atoms with E-state index >= 15 is 0 Å². The van der Waals surface area contributed by atoms with Crippen LogP contribution >= 0.6 is 0 Å². The molecule has 0 aromatic heterocycles. The molecule has 1 atom stereocenters. The first-order valence-electron chi connectivity index (χ1n) is 6.05. The largest absolute Gasteiger partial charge is 0.459 e. The van der Waals surface area contributed by atoms with Gasteiger partial charge in [0.05, 0.1) is 0 Å². The van der Waals surface area contributed by atoms with Gasteiger partial charge in [-0.05, 0) is 12.8 Å². The molecule has 0 N–H and O–H groups in total. The monoisotopic (exact) mass is 383 g/mol. The highest BCUT2D eigenvalue weighted by Crippen LogP contribution is 2.52. The van der Waals surface area contributed by atoms with E-state index in [4.69, 9.17) is 0 Å². The Labute approximate surface area is 126 Å². The van der Waals surface area contributed by atoms with Gasteiger partial charge in [0.25, 0.3) is 0 Å². The Balaban J connectivity index is 3.23. The van der Waals surface area contributed by atoms with Gasteiger partial charge in [0, 0.05) is 13.1 Å². The minimum absolute atomic E-state index is 0.101. The molecule has 1 heterocycles. The van der Waals surface area contributed by atoms with E-state index in [1.54, 1.807) is 0 Å². The van der Waals surface area contributed by atoms with Gasteiger partial charge >= 0.3 is 36.1 Å². The van der Waals surface area contributed by atoms with Gasteiger partial charge in [0.15, 0.2) is 0 Å². The van der Waals surface area contributed by atoms with Gasteiger partial charge in [-0.1, -0.05) is 0 Å². The zero-order chi connectivity index (χ0) is 19.2. The highest BCUT2D eigenvalue weighted by molar-refractivity contribution is 5.77. The van der Waals surface area contributed by atoms with Crippen molar-refractivity contribution in [1.82, 2.24) is 4.90 Å². The maximum Gasteiger partial charge on any atom is 0.459 e. The summed E-state index contributed by atoms with van der Waals surface area (Å²) in [6.45, 7) is -1.61. The van der Waals surface area contributed by atoms with E-state index in [9.17, 15) is 53.1 Å². The molecule has 1 rings (SSSR count). The zero-order valence-corrected chi connectivity index (χ0v) is 11.2. The molecule has 0 aromatic rings. The smallest absolute Gasteiger partial charge is 0.261 e. The Morgan fingerprint density at radius 2 is 1.25 bits per heavy atom. The number of alkyl halides is 10. The summed E-state index contributed by atoms with van der Waals surface area (Å²) in [6.07, 6.45) is -13.9. The third-order valence-electron chi connectivity index (χ3n) is 3.13. The summed E-state index contributed by atoms with van der Waals surface area (Å²) in [4.78, 5) is 9.48. The van der Waals surface area contributed by atoms with Crippen LogP contribution in [0.1, 0.15) is 12.8 Å². The Kier molecular flexibility index (Phi) is 5.19. The predicted octanol–water partition coefficient (Wildman–Crippen LogP) is 3.64. The SMILES string of the molecule is O=C(F)C(F)(OC(F)(F)C(F)(F)C(F)(F)N1CCCC1)C(F)(F)F. The number of halogens is 11. The van der Waals surface area contributed by atoms with Crippen molar-refractivity contribution in [2.45, 2.75) is 43.0 Å². The summed E-state index contributed by atoms with van der Waals surface area (Å²) in [5.41, 5.74) is 0. The summed E-state index contributed by atoms with van der Waals surface area (Å²) in [5, 5.41) is 0. The lowest BCUT2D eigenvalue weighted by Crippen LogP contribution is -2.65. The molecule has 1 unspecified atom stereocenters. The van der Waals surface area contributed by atoms with Crippen LogP contribution in [0.4, 0.5) is 48.3 Å². The van der Waals surface area contributed by atoms with Crippen LogP contribution < -0.4 is 0 Å². The summed E-state index contributed by atoms with van der Waals surface area (Å²) in [7, 11) is 0. The van der Waals surface area contributed by atoms with Crippen LogP contribution in [0.2, 0.25) is 0 Å². The van der Waals surface area contributed by atoms with E-state index in [1.165, 1.54) is 0 Å². The molecule has 0 aliphatic carbocycles. The number of rotatable bonds is 6. The van der Waals surface area contributed by atoms with E-state index in [0.29, 0.717) is 0 Å². The third-order valence-corrected chi connectivity index (χ3v) is 3.13. The normalized spacial score (nSPS) is 21.0. The molecule has 1 aliphatic rings. The van der Waals surface area contributed by atoms with E-state index in [1.807, 2.05) is 4.74 Å². The van der Waals surface area contributed by atoms with Gasteiger partial charge in [-0.15, -0.1) is 0 Å². The summed E-state index contributed by atoms with van der Waals surface area (Å²) < 4.78 is 144. The Bertz CT molecular complexity index is 486. The third kappa shape index (κ3) is 3.17. The van der Waals surface area contributed by atoms with Gasteiger partial charge in [-0.3, -0.25) is 9.53 Å². The molecule has 1 aliphatic heterocycles. The lowest BCUT2D eigenvalue weighted by molar-refractivity contribution is -0.472. The van der Waals surface area contributed by atoms with Crippen molar-refractivity contribution in [2.75, 3.05) is 13.1 Å². The van der Waals surface area contributed by atoms with Crippen molar-refractivity contribution in [3.8, 4) is 0 Å². The molecule has 142 valence electrons. The van der Waals surface area contributed by atoms with Gasteiger partial charge in [0.2, 0.25) is 0 Å². The number of carbonyl (C=O) groups is 1. The van der Waals surface area contributed by atoms with Crippen LogP contribution in [-0.4, -0.2) is 54.1 Å². The van der Waals surface area contributed by atoms with Crippen molar-refractivity contribution < 1.29 is 57.8 Å². The van der Waals surface area contributed by atoms with E-state index in [-0.39, 0.29) is 12.8 Å². The average Bonchev–Trinajstić information content (AvgIpc) is 2.90. The number of nitrogens with zero attached hydrogens (tertiary/aromatic N) is 1. The Morgan fingerprint density at radius 1 is 0.833 bits per heavy atom. The minimum Gasteiger partial charge on any atom is -0.261 e. The minimum atomic E-state index is -6.87. The molecule has 0 spiro atoms. The second-order valence-electron chi connectivity index (χ2n) is 4.80. The standard InChI is InChI=1S/C10H8F11NO2/c11-5(23)6(12,8(15,16)17)24-10(20,21)7(13,14)9(18,19)22-3-1-2-4-22/h1-4H2. The molecular formula is C10H8F11NO2. The molecule has 0 saturated carbocycles. The number of hydrogen-bond donors (Lipinski definition) is 0. The highest BCUT2D eigenvalue weighted by Gasteiger charge is 2.80. The van der Waals surface area contributed by atoms with Crippen LogP contribution in [0, 0.1) is 0 Å². The van der Waals surface area contributed by atoms with E-state index < -0.39 is 54.1 Å². The summed E-state index contributed by atoms with van der Waals surface area (Å²) >= 11 is 0. The molecule has 24 heavy (non-hydrogen) atoms. The second kappa shape index (κ2) is 5.97. The number of likely N-dealkylation sites (tertiary alicyclic amines) is 1. The Morgan fingerprint density at radius 3 is 1.58 bits per heavy atom. The first-order valence-corrected chi connectivity index (χ1v) is 6.05. The van der Waals surface area contributed by atoms with Gasteiger partial charge in [0.1, 0.15) is 0 Å². The zero-order valence-electron chi connectivity index (χ0n) is 11.2. The van der Waals surface area contributed by atoms with Gasteiger partial charge in [-0.25, -0.2) is 4.90 Å². The van der Waals surface area contributed by atoms with E-state index in [0.717, 1.165) is 0 Å². The molecule has 0 amide bonds. The first-order chi connectivity index (χ1) is 10.5. The first kappa shape index (κ1) is 20.9. The van der Waals surface area contributed by atoms with Crippen LogP contribution in [0.15, 0.2) is 0 Å². The molecule has 0 aromatic carbocycles. The molecule has 1 fully saturated rings. The number of hydrogen-bond acceptors (Lipinski definition) is 3. The maximum absolute atomic E-state index is 13.5. The fourth-order valence-electron chi connectivity index (χ4n) is 1.82. The average molecular weight is 383 g/mol. The van der Waals surface area contributed by atoms with Crippen molar-refractivity contribution >= 4 is 6.04 Å². The fraction of sp³-hybridized carbons (Fsp3) is 0.900. The molecule has 3 nitrogen and oxygen atoms in total. The molecule has 0 radical (unpaired) electrons. The maximum atomic E-state index is 13.5. The van der Waals surface area contributed by atoms with Crippen molar-refractivity contribution in [3.05, 3.63) is 0 Å². The fourth-order valence-corrected chi connectivity index (χ4v) is 1.82. The Hall–Kier alpha value is -1.18. The second-order valence-corrected chi connectivity index (χ2v) is 4.80. The molecule has 14 heteroatoms. The predicted molar refractivity (Wildman–Crippen MR) is 52.7 cm³/mol. The van der Waals surface area contributed by atoms with Crippen LogP contribution in [-0.2, 0) is 9.53 Å². The van der Waals surface area contributed by atoms with Crippen molar-refractivity contribution in [3.63, 3.8) is 0 Å². The topological polar surface area (TPSA) is 29.5 Å². The highest BCUT2D eigenvalue weighted by atomic mass is 19.4. The lowest BCUT2D eigenvalue weighted by Gasteiger charge is -2.38. The van der Waals surface area contributed by atoms with Crippen molar-refractivity contribution in [1.29, 1.82) is 0 Å². The van der Waals surface area contributed by atoms with Gasteiger partial charge < -0.3 is 0 Å². The quantitative estimate of drug-likeness (QED) is 0.399. The molecule has 0 bridgehead atoms. The summed E-state index contributed by atoms with van der Waals surface area (Å²) in [5.74, 6) is -13.2. The molecular weight excluding hydrogens is 375 g/mol. The van der Waals surface area contributed by atoms with E-state index in [2.05, 4.69) is 0 Å². The van der Waals surface area contributed by atoms with Crippen LogP contribution in [0.3, 0.4) is 0 Å². The van der Waals surface area contributed by atoms with Crippen LogP contribution in [0.25, 0.3) is 0 Å². The van der Waals surface area contributed by atoms with Gasteiger partial charge in [-0.2, -0.15) is 48.3 Å². The number of ether oxygens (including phenoxy) is 1.